The first-order valence-corrected chi connectivity index (χ1v) is 15.1. The number of rotatable bonds is 14. The number of alkyl halides is 3. The van der Waals surface area contributed by atoms with Crippen LogP contribution in [0.15, 0.2) is 97.1 Å². The summed E-state index contributed by atoms with van der Waals surface area (Å²) >= 11 is 13.0. The third kappa shape index (κ3) is 9.24. The first-order chi connectivity index (χ1) is 21.0. The van der Waals surface area contributed by atoms with Gasteiger partial charge in [0.05, 0.1) is 23.1 Å². The molecule has 0 amide bonds. The second kappa shape index (κ2) is 15.5. The Balaban J connectivity index is 1.55. The summed E-state index contributed by atoms with van der Waals surface area (Å²) in [5, 5.41) is 9.54. The minimum Gasteiger partial charge on any atom is -0.494 e. The van der Waals surface area contributed by atoms with Crippen LogP contribution in [0.25, 0.3) is 0 Å². The molecule has 44 heavy (non-hydrogen) atoms. The van der Waals surface area contributed by atoms with Crippen LogP contribution in [0.5, 0.6) is 5.75 Å². The molecule has 0 saturated carbocycles. The van der Waals surface area contributed by atoms with Crippen molar-refractivity contribution in [1.82, 2.24) is 4.90 Å². The van der Waals surface area contributed by atoms with E-state index in [4.69, 9.17) is 27.9 Å². The van der Waals surface area contributed by atoms with Gasteiger partial charge in [-0.05, 0) is 59.4 Å². The fourth-order valence-corrected chi connectivity index (χ4v) is 5.72. The number of halogens is 5. The molecule has 0 aliphatic carbocycles. The molecular formula is C35H34Cl2F3NO3. The van der Waals surface area contributed by atoms with Crippen LogP contribution in [0.2, 0.25) is 10.0 Å². The topological polar surface area (TPSA) is 49.8 Å². The van der Waals surface area contributed by atoms with E-state index in [9.17, 15) is 23.1 Å². The van der Waals surface area contributed by atoms with E-state index in [1.807, 2.05) is 78.9 Å². The molecule has 0 aromatic heterocycles. The van der Waals surface area contributed by atoms with Crippen LogP contribution in [0.4, 0.5) is 13.2 Å². The molecule has 4 nitrogen and oxygen atoms in total. The average Bonchev–Trinajstić information content (AvgIpc) is 2.99. The molecule has 9 heteroatoms. The Morgan fingerprint density at radius 3 is 2.34 bits per heavy atom. The Morgan fingerprint density at radius 2 is 1.64 bits per heavy atom. The Labute approximate surface area is 266 Å². The third-order valence-electron chi connectivity index (χ3n) is 7.45. The van der Waals surface area contributed by atoms with Crippen molar-refractivity contribution in [2.24, 2.45) is 5.92 Å². The van der Waals surface area contributed by atoms with Gasteiger partial charge in [-0.15, -0.1) is 0 Å². The Kier molecular flexibility index (Phi) is 11.7. The fraction of sp³-hybridized carbons (Fsp3) is 0.286. The Bertz CT molecular complexity index is 1530. The standard InChI is InChI=1S/C35H34Cl2F3NO3/c1-24(34(42)43)20-25-10-7-14-28(21-25)44-19-9-18-41(22-27-13-8-16-31(33(27)37)35(38,39)40)23-30(26-11-3-2-4-12-26)29-15-5-6-17-32(29)36/h2-8,10-17,21,24,30H,9,18-20,22-23H2,1H3,(H,42,43). The van der Waals surface area contributed by atoms with Gasteiger partial charge in [-0.25, -0.2) is 0 Å². The molecule has 0 bridgehead atoms. The van der Waals surface area contributed by atoms with E-state index in [0.29, 0.717) is 48.9 Å². The first-order valence-electron chi connectivity index (χ1n) is 14.3. The van der Waals surface area contributed by atoms with Gasteiger partial charge in [0.1, 0.15) is 5.75 Å². The van der Waals surface area contributed by atoms with Crippen molar-refractivity contribution in [3.63, 3.8) is 0 Å². The van der Waals surface area contributed by atoms with Crippen molar-refractivity contribution in [2.75, 3.05) is 19.7 Å². The largest absolute Gasteiger partial charge is 0.494 e. The lowest BCUT2D eigenvalue weighted by Crippen LogP contribution is -2.31. The molecule has 0 aliphatic heterocycles. The van der Waals surface area contributed by atoms with E-state index >= 15 is 0 Å². The fourth-order valence-electron chi connectivity index (χ4n) is 5.16. The van der Waals surface area contributed by atoms with Crippen molar-refractivity contribution in [3.8, 4) is 5.75 Å². The number of aliphatic carboxylic acids is 1. The van der Waals surface area contributed by atoms with Crippen molar-refractivity contribution in [3.05, 3.63) is 135 Å². The summed E-state index contributed by atoms with van der Waals surface area (Å²) in [5.41, 5.74) is 2.34. The molecule has 2 unspecified atom stereocenters. The van der Waals surface area contributed by atoms with E-state index in [1.54, 1.807) is 13.0 Å². The van der Waals surface area contributed by atoms with E-state index in [-0.39, 0.29) is 17.5 Å². The highest BCUT2D eigenvalue weighted by atomic mass is 35.5. The van der Waals surface area contributed by atoms with Crippen LogP contribution in [-0.4, -0.2) is 35.7 Å². The summed E-state index contributed by atoms with van der Waals surface area (Å²) in [6.45, 7) is 3.19. The highest BCUT2D eigenvalue weighted by Crippen LogP contribution is 2.37. The van der Waals surface area contributed by atoms with Crippen LogP contribution in [-0.2, 0) is 23.9 Å². The lowest BCUT2D eigenvalue weighted by atomic mass is 9.90. The minimum atomic E-state index is -4.56. The molecule has 0 fully saturated rings. The smallest absolute Gasteiger partial charge is 0.417 e. The number of carboxylic acid groups (broad SMARTS) is 1. The van der Waals surface area contributed by atoms with E-state index < -0.39 is 23.6 Å². The number of benzene rings is 4. The normalized spacial score (nSPS) is 13.1. The number of carbonyl (C=O) groups is 1. The molecule has 0 aliphatic rings. The van der Waals surface area contributed by atoms with Gasteiger partial charge in [-0.1, -0.05) is 103 Å². The summed E-state index contributed by atoms with van der Waals surface area (Å²) in [6, 6.07) is 28.8. The van der Waals surface area contributed by atoms with E-state index in [1.165, 1.54) is 6.07 Å². The van der Waals surface area contributed by atoms with Crippen LogP contribution in [0.3, 0.4) is 0 Å². The molecule has 0 radical (unpaired) electrons. The molecule has 2 atom stereocenters. The summed E-state index contributed by atoms with van der Waals surface area (Å²) < 4.78 is 47.0. The summed E-state index contributed by atoms with van der Waals surface area (Å²) in [7, 11) is 0. The highest BCUT2D eigenvalue weighted by Gasteiger charge is 2.34. The summed E-state index contributed by atoms with van der Waals surface area (Å²) in [4.78, 5) is 13.3. The van der Waals surface area contributed by atoms with Gasteiger partial charge in [0.2, 0.25) is 0 Å². The molecule has 4 aromatic rings. The van der Waals surface area contributed by atoms with E-state index in [0.717, 1.165) is 22.8 Å². The maximum Gasteiger partial charge on any atom is 0.417 e. The minimum absolute atomic E-state index is 0.150. The number of carboxylic acids is 1. The molecule has 0 heterocycles. The average molecular weight is 645 g/mol. The maximum atomic E-state index is 13.7. The lowest BCUT2D eigenvalue weighted by Gasteiger charge is -2.29. The zero-order valence-corrected chi connectivity index (χ0v) is 25.7. The van der Waals surface area contributed by atoms with Crippen LogP contribution in [0.1, 0.15) is 47.1 Å². The van der Waals surface area contributed by atoms with E-state index in [2.05, 4.69) is 4.90 Å². The molecule has 0 saturated heterocycles. The monoisotopic (exact) mass is 643 g/mol. The van der Waals surface area contributed by atoms with Gasteiger partial charge < -0.3 is 9.84 Å². The van der Waals surface area contributed by atoms with Crippen molar-refractivity contribution in [2.45, 2.75) is 38.4 Å². The van der Waals surface area contributed by atoms with Gasteiger partial charge in [0.25, 0.3) is 0 Å². The second-order valence-corrected chi connectivity index (χ2v) is 11.6. The highest BCUT2D eigenvalue weighted by molar-refractivity contribution is 6.32. The molecular weight excluding hydrogens is 610 g/mol. The van der Waals surface area contributed by atoms with Gasteiger partial charge in [-0.3, -0.25) is 9.69 Å². The molecule has 4 rings (SSSR count). The van der Waals surface area contributed by atoms with Crippen molar-refractivity contribution in [1.29, 1.82) is 0 Å². The predicted octanol–water partition coefficient (Wildman–Crippen LogP) is 9.38. The molecule has 0 spiro atoms. The number of hydrogen-bond donors (Lipinski definition) is 1. The predicted molar refractivity (Wildman–Crippen MR) is 169 cm³/mol. The SMILES string of the molecule is CC(Cc1cccc(OCCCN(Cc2cccc(C(F)(F)F)c2Cl)CC(c2ccccc2)c2ccccc2Cl)c1)C(=O)O. The van der Waals surface area contributed by atoms with Gasteiger partial charge in [0.15, 0.2) is 0 Å². The first kappa shape index (κ1) is 33.4. The molecule has 4 aromatic carbocycles. The van der Waals surface area contributed by atoms with Crippen molar-refractivity contribution < 1.29 is 27.8 Å². The summed E-state index contributed by atoms with van der Waals surface area (Å²) in [6.07, 6.45) is -3.59. The molecule has 232 valence electrons. The van der Waals surface area contributed by atoms with Crippen LogP contribution >= 0.6 is 23.2 Å². The van der Waals surface area contributed by atoms with Gasteiger partial charge in [-0.2, -0.15) is 13.2 Å². The van der Waals surface area contributed by atoms with Gasteiger partial charge in [0, 0.05) is 30.6 Å². The van der Waals surface area contributed by atoms with Crippen LogP contribution in [0, 0.1) is 5.92 Å². The summed E-state index contributed by atoms with van der Waals surface area (Å²) in [5.74, 6) is -0.894. The maximum absolute atomic E-state index is 13.7. The number of ether oxygens (including phenoxy) is 1. The molecule has 1 N–H and O–H groups in total. The number of nitrogens with zero attached hydrogens (tertiary/aromatic N) is 1. The van der Waals surface area contributed by atoms with Crippen LogP contribution < -0.4 is 4.74 Å². The quantitative estimate of drug-likeness (QED) is 0.139. The Morgan fingerprint density at radius 1 is 0.932 bits per heavy atom. The van der Waals surface area contributed by atoms with Gasteiger partial charge >= 0.3 is 12.1 Å². The third-order valence-corrected chi connectivity index (χ3v) is 8.24. The zero-order chi connectivity index (χ0) is 31.7. The lowest BCUT2D eigenvalue weighted by molar-refractivity contribution is -0.141. The number of hydrogen-bond acceptors (Lipinski definition) is 3. The Hall–Kier alpha value is -3.52. The second-order valence-electron chi connectivity index (χ2n) is 10.8. The zero-order valence-electron chi connectivity index (χ0n) is 24.2. The van der Waals surface area contributed by atoms with Crippen molar-refractivity contribution >= 4 is 29.2 Å².